The largest absolute Gasteiger partial charge is 0.339 e. The first-order valence-corrected chi connectivity index (χ1v) is 8.17. The number of fused-ring (bicyclic) bond motifs is 1. The summed E-state index contributed by atoms with van der Waals surface area (Å²) in [4.78, 5) is 33.4. The van der Waals surface area contributed by atoms with Crippen LogP contribution in [-0.4, -0.2) is 66.8 Å². The number of amides is 1. The van der Waals surface area contributed by atoms with Crippen LogP contribution in [-0.2, 0) is 18.4 Å². The molecule has 8 heteroatoms. The number of rotatable bonds is 2. The third-order valence-electron chi connectivity index (χ3n) is 4.60. The smallest absolute Gasteiger partial charge is 0.264 e. The SMILES string of the molecule is Cn1ncc2c(=O)n(CC(=O)N3CCN(C(C)(C)C)CC3)cnc21. The van der Waals surface area contributed by atoms with Crippen LogP contribution in [0.15, 0.2) is 17.3 Å². The highest BCUT2D eigenvalue weighted by Gasteiger charge is 2.27. The van der Waals surface area contributed by atoms with Crippen molar-refractivity contribution in [3.63, 3.8) is 0 Å². The Morgan fingerprint density at radius 3 is 2.50 bits per heavy atom. The Labute approximate surface area is 140 Å². The van der Waals surface area contributed by atoms with Crippen molar-refractivity contribution >= 4 is 16.9 Å². The fraction of sp³-hybridized carbons (Fsp3) is 0.625. The van der Waals surface area contributed by atoms with Gasteiger partial charge in [-0.3, -0.25) is 23.7 Å². The molecule has 0 saturated carbocycles. The zero-order valence-electron chi connectivity index (χ0n) is 14.7. The lowest BCUT2D eigenvalue weighted by Gasteiger charge is -2.42. The quantitative estimate of drug-likeness (QED) is 0.778. The Hall–Kier alpha value is -2.22. The van der Waals surface area contributed by atoms with Gasteiger partial charge in [0.1, 0.15) is 18.3 Å². The van der Waals surface area contributed by atoms with Crippen molar-refractivity contribution in [2.75, 3.05) is 26.2 Å². The van der Waals surface area contributed by atoms with Gasteiger partial charge in [0.2, 0.25) is 5.91 Å². The van der Waals surface area contributed by atoms with Crippen molar-refractivity contribution in [1.29, 1.82) is 0 Å². The van der Waals surface area contributed by atoms with E-state index in [0.717, 1.165) is 13.1 Å². The van der Waals surface area contributed by atoms with E-state index in [1.54, 1.807) is 11.7 Å². The first-order chi connectivity index (χ1) is 11.3. The topological polar surface area (TPSA) is 76.3 Å². The first kappa shape index (κ1) is 16.6. The third-order valence-corrected chi connectivity index (χ3v) is 4.60. The van der Waals surface area contributed by atoms with Gasteiger partial charge in [0.05, 0.1) is 6.20 Å². The minimum Gasteiger partial charge on any atom is -0.339 e. The predicted octanol–water partition coefficient (Wildman–Crippen LogP) is 0.0727. The Balaban J connectivity index is 1.70. The van der Waals surface area contributed by atoms with E-state index in [1.807, 2.05) is 4.90 Å². The Kier molecular flexibility index (Phi) is 4.16. The van der Waals surface area contributed by atoms with Gasteiger partial charge >= 0.3 is 0 Å². The molecule has 1 saturated heterocycles. The van der Waals surface area contributed by atoms with Crippen LogP contribution in [0.4, 0.5) is 0 Å². The van der Waals surface area contributed by atoms with Crippen LogP contribution >= 0.6 is 0 Å². The summed E-state index contributed by atoms with van der Waals surface area (Å²) < 4.78 is 2.91. The van der Waals surface area contributed by atoms with Crippen LogP contribution in [0.2, 0.25) is 0 Å². The highest BCUT2D eigenvalue weighted by Crippen LogP contribution is 2.16. The molecule has 0 unspecified atom stereocenters. The number of nitrogens with zero attached hydrogens (tertiary/aromatic N) is 6. The Bertz CT molecular complexity index is 808. The summed E-state index contributed by atoms with van der Waals surface area (Å²) in [6.07, 6.45) is 2.92. The molecular formula is C16H24N6O2. The van der Waals surface area contributed by atoms with E-state index in [1.165, 1.54) is 17.1 Å². The van der Waals surface area contributed by atoms with Gasteiger partial charge in [0.25, 0.3) is 5.56 Å². The van der Waals surface area contributed by atoms with Gasteiger partial charge in [0.15, 0.2) is 5.65 Å². The van der Waals surface area contributed by atoms with E-state index < -0.39 is 0 Å². The number of hydrogen-bond donors (Lipinski definition) is 0. The molecule has 0 spiro atoms. The van der Waals surface area contributed by atoms with E-state index in [-0.39, 0.29) is 23.6 Å². The zero-order valence-corrected chi connectivity index (χ0v) is 14.7. The lowest BCUT2D eigenvalue weighted by molar-refractivity contribution is -0.134. The van der Waals surface area contributed by atoms with Crippen molar-refractivity contribution < 1.29 is 4.79 Å². The monoisotopic (exact) mass is 332 g/mol. The molecule has 3 rings (SSSR count). The Morgan fingerprint density at radius 1 is 1.21 bits per heavy atom. The van der Waals surface area contributed by atoms with Crippen molar-refractivity contribution in [1.82, 2.24) is 29.1 Å². The van der Waals surface area contributed by atoms with Crippen LogP contribution < -0.4 is 5.56 Å². The van der Waals surface area contributed by atoms with Crippen LogP contribution in [0, 0.1) is 0 Å². The minimum absolute atomic E-state index is 0.0200. The number of piperazine rings is 1. The molecule has 1 aliphatic heterocycles. The molecule has 0 aliphatic carbocycles. The van der Waals surface area contributed by atoms with E-state index in [0.29, 0.717) is 24.1 Å². The van der Waals surface area contributed by atoms with Gasteiger partial charge in [-0.15, -0.1) is 0 Å². The molecular weight excluding hydrogens is 308 g/mol. The van der Waals surface area contributed by atoms with Gasteiger partial charge in [-0.05, 0) is 20.8 Å². The van der Waals surface area contributed by atoms with Gasteiger partial charge in [-0.25, -0.2) is 4.98 Å². The summed E-state index contributed by atoms with van der Waals surface area (Å²) in [5.41, 5.74) is 0.415. The molecule has 2 aromatic heterocycles. The summed E-state index contributed by atoms with van der Waals surface area (Å²) in [6.45, 7) is 9.64. The van der Waals surface area contributed by atoms with E-state index in [9.17, 15) is 9.59 Å². The number of hydrogen-bond acceptors (Lipinski definition) is 5. The molecule has 0 N–H and O–H groups in total. The zero-order chi connectivity index (χ0) is 17.5. The van der Waals surface area contributed by atoms with E-state index in [4.69, 9.17) is 0 Å². The van der Waals surface area contributed by atoms with Crippen LogP contribution in [0.5, 0.6) is 0 Å². The third kappa shape index (κ3) is 3.06. The second kappa shape index (κ2) is 6.01. The maximum Gasteiger partial charge on any atom is 0.264 e. The van der Waals surface area contributed by atoms with E-state index in [2.05, 4.69) is 35.8 Å². The molecule has 3 heterocycles. The van der Waals surface area contributed by atoms with Gasteiger partial charge in [-0.1, -0.05) is 0 Å². The number of aryl methyl sites for hydroxylation is 1. The number of carbonyl (C=O) groups is 1. The molecule has 1 aliphatic rings. The van der Waals surface area contributed by atoms with Crippen molar-refractivity contribution in [2.45, 2.75) is 32.9 Å². The fourth-order valence-electron chi connectivity index (χ4n) is 3.05. The van der Waals surface area contributed by atoms with Crippen molar-refractivity contribution in [3.05, 3.63) is 22.9 Å². The van der Waals surface area contributed by atoms with Crippen molar-refractivity contribution in [3.8, 4) is 0 Å². The highest BCUT2D eigenvalue weighted by molar-refractivity contribution is 5.77. The van der Waals surface area contributed by atoms with Gasteiger partial charge in [-0.2, -0.15) is 5.10 Å². The van der Waals surface area contributed by atoms with Crippen LogP contribution in [0.3, 0.4) is 0 Å². The molecule has 0 radical (unpaired) electrons. The number of aromatic nitrogens is 4. The summed E-state index contributed by atoms with van der Waals surface area (Å²) >= 11 is 0. The molecule has 130 valence electrons. The normalized spacial score (nSPS) is 16.8. The molecule has 0 atom stereocenters. The second-order valence-corrected chi connectivity index (χ2v) is 7.22. The summed E-state index contributed by atoms with van der Waals surface area (Å²) in [5, 5.41) is 4.47. The molecule has 8 nitrogen and oxygen atoms in total. The van der Waals surface area contributed by atoms with Gasteiger partial charge in [0, 0.05) is 38.8 Å². The molecule has 0 bridgehead atoms. The first-order valence-electron chi connectivity index (χ1n) is 8.17. The van der Waals surface area contributed by atoms with E-state index >= 15 is 0 Å². The molecule has 1 fully saturated rings. The standard InChI is InChI=1S/C16H24N6O2/c1-16(2,3)22-7-5-20(6-8-22)13(23)10-21-11-17-14-12(15(21)24)9-18-19(14)4/h9,11H,5-8,10H2,1-4H3. The molecule has 2 aromatic rings. The predicted molar refractivity (Wildman–Crippen MR) is 90.7 cm³/mol. The molecule has 24 heavy (non-hydrogen) atoms. The van der Waals surface area contributed by atoms with Gasteiger partial charge < -0.3 is 4.90 Å². The lowest BCUT2D eigenvalue weighted by atomic mass is 10.1. The van der Waals surface area contributed by atoms with Crippen molar-refractivity contribution in [2.24, 2.45) is 7.05 Å². The maximum atomic E-state index is 12.5. The summed E-state index contributed by atoms with van der Waals surface area (Å²) in [7, 11) is 1.74. The summed E-state index contributed by atoms with van der Waals surface area (Å²) in [6, 6.07) is 0. The average molecular weight is 332 g/mol. The summed E-state index contributed by atoms with van der Waals surface area (Å²) in [5.74, 6) is -0.0456. The second-order valence-electron chi connectivity index (χ2n) is 7.22. The molecule has 0 aromatic carbocycles. The maximum absolute atomic E-state index is 12.5. The minimum atomic E-state index is -0.227. The average Bonchev–Trinajstić information content (AvgIpc) is 2.91. The highest BCUT2D eigenvalue weighted by atomic mass is 16.2. The Morgan fingerprint density at radius 2 is 1.88 bits per heavy atom. The number of carbonyl (C=O) groups excluding carboxylic acids is 1. The van der Waals surface area contributed by atoms with Crippen LogP contribution in [0.25, 0.3) is 11.0 Å². The van der Waals surface area contributed by atoms with Crippen LogP contribution in [0.1, 0.15) is 20.8 Å². The lowest BCUT2D eigenvalue weighted by Crippen LogP contribution is -2.55. The molecule has 1 amide bonds. The fourth-order valence-corrected chi connectivity index (χ4v) is 3.05.